The SMILES string of the molecule is C.C.CCCCC(Oc1cc2c3c(cccc3c1)C(=O)N(O)C2=O)C(=O)OC(C)(C)C.CCCCC(Oc1cc2c3c(cccc3c1)C(=O)N(OS(=O)(=O)C(F)(F)C(=O)OCCC1CCCCC1)C2=O)C(=O)OC(C)(C)C.CCN(C(C)C)C(C)C.C[Si](C)(C)Cl.ClCCl.O=C(OCCC1CCCCC1)C(F)(F)S(=O)(=O)F.[B][B]. The van der Waals surface area contributed by atoms with Crippen LogP contribution in [0.4, 0.5) is 21.4 Å². The van der Waals surface area contributed by atoms with Gasteiger partial charge in [0.15, 0.2) is 12.2 Å². The Hall–Kier alpha value is -6.19. The molecule has 2 fully saturated rings. The van der Waals surface area contributed by atoms with Crippen molar-refractivity contribution in [1.82, 2.24) is 15.0 Å². The number of carbonyl (C=O) groups is 8. The minimum absolute atomic E-state index is 0. The first kappa shape index (κ1) is 108. The normalized spacial score (nSPS) is 15.2. The highest BCUT2D eigenvalue weighted by atomic mass is 35.6. The molecule has 0 saturated heterocycles. The van der Waals surface area contributed by atoms with Crippen LogP contribution in [0.2, 0.25) is 19.6 Å². The molecule has 0 spiro atoms. The fourth-order valence-corrected chi connectivity index (χ4v) is 13.0. The van der Waals surface area contributed by atoms with E-state index in [2.05, 4.69) is 88.4 Å². The molecule has 23 nitrogen and oxygen atoms in total. The molecule has 642 valence electrons. The molecule has 114 heavy (non-hydrogen) atoms. The summed E-state index contributed by atoms with van der Waals surface area (Å²) in [4.78, 5) is 102. The van der Waals surface area contributed by atoms with Gasteiger partial charge in [0.05, 0.1) is 40.8 Å². The molecule has 2 saturated carbocycles. The highest BCUT2D eigenvalue weighted by molar-refractivity contribution is 7.88. The minimum atomic E-state index is -6.26. The van der Waals surface area contributed by atoms with Crippen LogP contribution in [-0.4, -0.2) is 179 Å². The van der Waals surface area contributed by atoms with Crippen LogP contribution in [0.3, 0.4) is 0 Å². The quantitative estimate of drug-likeness (QED) is 0.00667. The number of halogens is 8. The predicted octanol–water partition coefficient (Wildman–Crippen LogP) is 18.7. The molecule has 4 amide bonds. The van der Waals surface area contributed by atoms with Crippen molar-refractivity contribution in [1.29, 1.82) is 0 Å². The van der Waals surface area contributed by atoms with Gasteiger partial charge < -0.3 is 28.4 Å². The number of esters is 4. The van der Waals surface area contributed by atoms with Gasteiger partial charge in [0.2, 0.25) is 0 Å². The first-order chi connectivity index (χ1) is 51.9. The molecular formula is C78H117B2Cl3F5N3O20S2Si. The molecule has 2 heterocycles. The molecule has 36 heteroatoms. The Morgan fingerprint density at radius 3 is 1.25 bits per heavy atom. The Morgan fingerprint density at radius 2 is 0.921 bits per heavy atom. The lowest BCUT2D eigenvalue weighted by Gasteiger charge is -2.28. The van der Waals surface area contributed by atoms with Gasteiger partial charge in [-0.25, -0.2) is 19.2 Å². The molecule has 2 aliphatic heterocycles. The Bertz CT molecular complexity index is 4000. The van der Waals surface area contributed by atoms with Gasteiger partial charge in [-0.05, 0) is 173 Å². The molecule has 1 N–H and O–H groups in total. The summed E-state index contributed by atoms with van der Waals surface area (Å²) in [5, 5.41) is 0.985. The fourth-order valence-electron chi connectivity index (χ4n) is 12.1. The number of alkyl halides is 6. The van der Waals surface area contributed by atoms with E-state index >= 15 is 0 Å². The van der Waals surface area contributed by atoms with E-state index in [0.29, 0.717) is 65.6 Å². The lowest BCUT2D eigenvalue weighted by Crippen LogP contribution is -2.48. The molecule has 2 unspecified atom stereocenters. The van der Waals surface area contributed by atoms with E-state index in [-0.39, 0.29) is 82.7 Å². The second-order valence-corrected chi connectivity index (χ2v) is 41.5. The van der Waals surface area contributed by atoms with Gasteiger partial charge in [-0.2, -0.15) is 45.5 Å². The van der Waals surface area contributed by atoms with Gasteiger partial charge >= 0.3 is 54.7 Å². The van der Waals surface area contributed by atoms with Gasteiger partial charge in [-0.1, -0.05) is 160 Å². The van der Waals surface area contributed by atoms with Crippen molar-refractivity contribution in [2.45, 2.75) is 286 Å². The van der Waals surface area contributed by atoms with Crippen LogP contribution in [0.5, 0.6) is 11.5 Å². The van der Waals surface area contributed by atoms with Gasteiger partial charge in [0.25, 0.3) is 23.6 Å². The maximum absolute atomic E-state index is 14.9. The largest absolute Gasteiger partial charge is 0.479 e. The molecule has 4 aromatic rings. The second-order valence-electron chi connectivity index (χ2n) is 30.2. The molecule has 0 bridgehead atoms. The summed E-state index contributed by atoms with van der Waals surface area (Å²) in [5.74, 6) is -9.40. The summed E-state index contributed by atoms with van der Waals surface area (Å²) in [6, 6.07) is 16.3. The van der Waals surface area contributed by atoms with E-state index in [0.717, 1.165) is 96.1 Å². The summed E-state index contributed by atoms with van der Waals surface area (Å²) in [6.07, 6.45) is 12.4. The number of ether oxygens (including phenoxy) is 6. The van der Waals surface area contributed by atoms with E-state index in [9.17, 15) is 81.8 Å². The van der Waals surface area contributed by atoms with Crippen LogP contribution in [0.25, 0.3) is 21.5 Å². The average molecular weight is 1730 g/mol. The van der Waals surface area contributed by atoms with E-state index in [1.807, 2.05) is 13.8 Å². The molecule has 2 aliphatic carbocycles. The van der Waals surface area contributed by atoms with Crippen LogP contribution < -0.4 is 9.47 Å². The number of nitrogens with zero attached hydrogens (tertiary/aromatic N) is 3. The number of hydroxylamine groups is 4. The number of hydrogen-bond acceptors (Lipinski definition) is 21. The number of unbranched alkanes of at least 4 members (excludes halogenated alkanes) is 2. The molecule has 4 aliphatic rings. The van der Waals surface area contributed by atoms with Gasteiger partial charge in [0, 0.05) is 38.3 Å². The van der Waals surface area contributed by atoms with Crippen LogP contribution in [0, 0.1) is 11.8 Å². The van der Waals surface area contributed by atoms with E-state index in [1.54, 1.807) is 71.9 Å². The van der Waals surface area contributed by atoms with Crippen LogP contribution in [0.15, 0.2) is 60.7 Å². The Labute approximate surface area is 689 Å². The van der Waals surface area contributed by atoms with E-state index < -0.39 is 116 Å². The highest BCUT2D eigenvalue weighted by Crippen LogP contribution is 2.39. The number of hydrogen-bond donors (Lipinski definition) is 1. The maximum atomic E-state index is 14.9. The van der Waals surface area contributed by atoms with Crippen LogP contribution in [-0.2, 0) is 62.8 Å². The summed E-state index contributed by atoms with van der Waals surface area (Å²) in [5.41, 5.74) is -1.60. The van der Waals surface area contributed by atoms with Crippen molar-refractivity contribution in [2.75, 3.05) is 25.1 Å². The molecular weight excluding hydrogens is 1610 g/mol. The molecule has 4 aromatic carbocycles. The van der Waals surface area contributed by atoms with E-state index in [4.69, 9.17) is 53.2 Å². The third kappa shape index (κ3) is 34.0. The van der Waals surface area contributed by atoms with Gasteiger partial charge in [0.1, 0.15) is 30.1 Å². The zero-order chi connectivity index (χ0) is 85.7. The highest BCUT2D eigenvalue weighted by Gasteiger charge is 2.59. The Kier molecular flexibility index (Phi) is 46.6. The van der Waals surface area contributed by atoms with Crippen molar-refractivity contribution in [3.05, 3.63) is 82.9 Å². The van der Waals surface area contributed by atoms with Crippen molar-refractivity contribution >= 4 is 147 Å². The van der Waals surface area contributed by atoms with E-state index in [1.165, 1.54) is 24.3 Å². The first-order valence-electron chi connectivity index (χ1n) is 37.2. The van der Waals surface area contributed by atoms with Crippen LogP contribution in [0.1, 0.15) is 262 Å². The summed E-state index contributed by atoms with van der Waals surface area (Å²) in [6.45, 7) is 32.3. The number of benzene rings is 4. The average Bonchev–Trinajstić information content (AvgIpc) is 0.742. The van der Waals surface area contributed by atoms with Crippen molar-refractivity contribution in [3.63, 3.8) is 0 Å². The zero-order valence-electron chi connectivity index (χ0n) is 66.8. The molecule has 4 radical (unpaired) electrons. The van der Waals surface area contributed by atoms with Gasteiger partial charge in [-0.3, -0.25) is 29.3 Å². The number of carbonyl (C=O) groups excluding carboxylic acids is 8. The van der Waals surface area contributed by atoms with Crippen molar-refractivity contribution < 1.29 is 115 Å². The molecule has 0 aromatic heterocycles. The minimum Gasteiger partial charge on any atom is -0.479 e. The zero-order valence-corrected chi connectivity index (χ0v) is 71.7. The third-order valence-corrected chi connectivity index (χ3v) is 19.0. The second kappa shape index (κ2) is 49.3. The maximum Gasteiger partial charge on any atom is 0.470 e. The lowest BCUT2D eigenvalue weighted by atomic mass is 9.81. The topological polar surface area (TPSA) is 299 Å². The fraction of sp³-hybridized carbons (Fsp3) is 0.641. The third-order valence-electron chi connectivity index (χ3n) is 17.0. The number of imide groups is 2. The summed E-state index contributed by atoms with van der Waals surface area (Å²) in [7, 11) is -5.64. The summed E-state index contributed by atoms with van der Waals surface area (Å²) < 4.78 is 149. The van der Waals surface area contributed by atoms with Crippen molar-refractivity contribution in [2.24, 2.45) is 11.8 Å². The Morgan fingerprint density at radius 1 is 0.588 bits per heavy atom. The molecule has 8 rings (SSSR count). The molecule has 2 atom stereocenters. The van der Waals surface area contributed by atoms with Crippen molar-refractivity contribution in [3.8, 4) is 11.5 Å². The van der Waals surface area contributed by atoms with Gasteiger partial charge in [-0.15, -0.1) is 37.6 Å². The van der Waals surface area contributed by atoms with Crippen LogP contribution >= 0.6 is 34.3 Å². The Balaban J connectivity index is 0.00000160. The lowest BCUT2D eigenvalue weighted by molar-refractivity contribution is -0.164. The standard InChI is InChI=1S/C32H39F2NO10S.C22H25NO6.C10H15F3O4S.C8H19N.C3H9ClSi.CH2Cl2.2CH4.B2/c1-5-6-15-25(29(38)44-31(2,3)4)43-22-18-21-13-10-14-23-26(21)24(19-22)28(37)35(27(23)36)45-46(40,41)32(33,34)30(39)42-17-16-20-11-8-7-9-12-20;1-5-6-10-17(21(26)29-22(2,3)4)28-14-11-13-8-7-9-15-18(13)16(12-14)20(25)23(27)19(15)24;11-10(12,18(13,15)16)9(14)17-7-6-8-4-2-1-3-5-8;1-6-9(7(2)3)8(4)5;1-5(2,3)4;2-1-3;;;1-2/h10,13-14,18-20,25H,5-9,11-12,15-17H2,1-4H3;7-9,11-12,17,27H,5-6,10H2,1-4H3;8H,1-7H2;7-8H,6H2,1-5H3;1-3H3;1H2;2*1H4;. The first-order valence-corrected chi connectivity index (χ1v) is 45.6. The smallest absolute Gasteiger partial charge is 0.470 e. The monoisotopic (exact) mass is 1730 g/mol. The number of rotatable bonds is 27. The summed E-state index contributed by atoms with van der Waals surface area (Å²) >= 11 is 15.2. The predicted molar refractivity (Wildman–Crippen MR) is 438 cm³/mol. The number of amides is 4.